The fourth-order valence-corrected chi connectivity index (χ4v) is 2.00. The van der Waals surface area contributed by atoms with Crippen LogP contribution < -0.4 is 5.32 Å². The van der Waals surface area contributed by atoms with E-state index in [1.54, 1.807) is 17.2 Å². The Balaban J connectivity index is 2.07. The van der Waals surface area contributed by atoms with Gasteiger partial charge in [-0.25, -0.2) is 9.97 Å². The summed E-state index contributed by atoms with van der Waals surface area (Å²) in [5.41, 5.74) is 3.80. The molecule has 3 aromatic rings. The van der Waals surface area contributed by atoms with Gasteiger partial charge in [-0.05, 0) is 13.0 Å². The molecular formula is C12H14N6. The number of aryl methyl sites for hydroxylation is 3. The van der Waals surface area contributed by atoms with Gasteiger partial charge in [0.15, 0.2) is 5.82 Å². The molecule has 3 rings (SSSR count). The number of rotatable bonds is 2. The Hall–Kier alpha value is -2.37. The molecular weight excluding hydrogens is 228 g/mol. The van der Waals surface area contributed by atoms with Gasteiger partial charge in [-0.3, -0.25) is 4.68 Å². The molecule has 0 bridgehead atoms. The number of aromatic nitrogens is 5. The number of imidazole rings is 1. The Bertz CT molecular complexity index is 709. The fourth-order valence-electron chi connectivity index (χ4n) is 2.00. The topological polar surface area (TPSA) is 60.6 Å². The van der Waals surface area contributed by atoms with E-state index in [4.69, 9.17) is 0 Å². The van der Waals surface area contributed by atoms with Gasteiger partial charge in [-0.2, -0.15) is 5.10 Å². The molecule has 0 unspecified atom stereocenters. The Morgan fingerprint density at radius 1 is 1.22 bits per heavy atom. The van der Waals surface area contributed by atoms with Crippen molar-refractivity contribution in [3.05, 3.63) is 30.5 Å². The molecule has 0 saturated carbocycles. The summed E-state index contributed by atoms with van der Waals surface area (Å²) < 4.78 is 3.74. The summed E-state index contributed by atoms with van der Waals surface area (Å²) in [6, 6.07) is 1.95. The monoisotopic (exact) mass is 242 g/mol. The van der Waals surface area contributed by atoms with Crippen molar-refractivity contribution in [1.82, 2.24) is 24.3 Å². The first-order valence-electron chi connectivity index (χ1n) is 5.68. The van der Waals surface area contributed by atoms with Crippen LogP contribution in [0.25, 0.3) is 11.0 Å². The molecule has 0 saturated heterocycles. The van der Waals surface area contributed by atoms with Crippen molar-refractivity contribution in [3.8, 4) is 0 Å². The molecule has 6 heteroatoms. The maximum Gasteiger partial charge on any atom is 0.158 e. The molecule has 0 fully saturated rings. The molecule has 0 atom stereocenters. The van der Waals surface area contributed by atoms with E-state index in [0.29, 0.717) is 0 Å². The lowest BCUT2D eigenvalue weighted by Crippen LogP contribution is -1.95. The summed E-state index contributed by atoms with van der Waals surface area (Å²) in [5.74, 6) is 0.754. The van der Waals surface area contributed by atoms with E-state index in [-0.39, 0.29) is 0 Å². The van der Waals surface area contributed by atoms with Crippen molar-refractivity contribution in [2.24, 2.45) is 14.1 Å². The minimum Gasteiger partial charge on any atom is -0.336 e. The summed E-state index contributed by atoms with van der Waals surface area (Å²) in [6.45, 7) is 1.96. The largest absolute Gasteiger partial charge is 0.336 e. The van der Waals surface area contributed by atoms with Crippen LogP contribution in [0.1, 0.15) is 5.69 Å². The van der Waals surface area contributed by atoms with Crippen LogP contribution in [-0.4, -0.2) is 24.3 Å². The van der Waals surface area contributed by atoms with E-state index in [0.717, 1.165) is 28.2 Å². The highest BCUT2D eigenvalue weighted by Crippen LogP contribution is 2.23. The minimum absolute atomic E-state index is 0.754. The maximum absolute atomic E-state index is 4.36. The van der Waals surface area contributed by atoms with E-state index in [1.807, 2.05) is 37.8 Å². The molecule has 0 aliphatic rings. The molecule has 1 N–H and O–H groups in total. The smallest absolute Gasteiger partial charge is 0.158 e. The third-order valence-corrected chi connectivity index (χ3v) is 2.91. The predicted molar refractivity (Wildman–Crippen MR) is 69.7 cm³/mol. The van der Waals surface area contributed by atoms with Crippen LogP contribution in [0.4, 0.5) is 11.5 Å². The number of pyridine rings is 1. The lowest BCUT2D eigenvalue weighted by atomic mass is 10.3. The number of nitrogens with one attached hydrogen (secondary N) is 1. The number of fused-ring (bicyclic) bond motifs is 1. The van der Waals surface area contributed by atoms with Crippen LogP contribution in [0.5, 0.6) is 0 Å². The summed E-state index contributed by atoms with van der Waals surface area (Å²) in [4.78, 5) is 8.70. The quantitative estimate of drug-likeness (QED) is 0.743. The molecule has 0 spiro atoms. The van der Waals surface area contributed by atoms with E-state index >= 15 is 0 Å². The zero-order chi connectivity index (χ0) is 12.7. The lowest BCUT2D eigenvalue weighted by molar-refractivity contribution is 0.756. The Morgan fingerprint density at radius 2 is 2.06 bits per heavy atom. The number of hydrogen-bond acceptors (Lipinski definition) is 4. The number of nitrogens with zero attached hydrogens (tertiary/aromatic N) is 5. The summed E-state index contributed by atoms with van der Waals surface area (Å²) in [5, 5.41) is 7.57. The Kier molecular flexibility index (Phi) is 2.29. The van der Waals surface area contributed by atoms with Crippen LogP contribution in [0, 0.1) is 6.92 Å². The predicted octanol–water partition coefficient (Wildman–Crippen LogP) is 1.75. The first-order chi connectivity index (χ1) is 8.65. The average Bonchev–Trinajstić information content (AvgIpc) is 2.85. The Labute approximate surface area is 104 Å². The third-order valence-electron chi connectivity index (χ3n) is 2.91. The van der Waals surface area contributed by atoms with Gasteiger partial charge in [0, 0.05) is 26.5 Å². The highest BCUT2D eigenvalue weighted by Gasteiger charge is 2.09. The van der Waals surface area contributed by atoms with Crippen LogP contribution in [0.2, 0.25) is 0 Å². The van der Waals surface area contributed by atoms with Gasteiger partial charge in [-0.1, -0.05) is 0 Å². The van der Waals surface area contributed by atoms with Gasteiger partial charge >= 0.3 is 0 Å². The molecule has 6 nitrogen and oxygen atoms in total. The summed E-state index contributed by atoms with van der Waals surface area (Å²) in [7, 11) is 3.86. The Morgan fingerprint density at radius 3 is 2.78 bits per heavy atom. The normalized spacial score (nSPS) is 11.1. The third kappa shape index (κ3) is 1.62. The zero-order valence-corrected chi connectivity index (χ0v) is 10.5. The standard InChI is InChI=1S/C12H14N6/c1-8-9(6-18(3)16-8)15-12-11-10(4-5-13-12)17(2)7-14-11/h4-7H,1-3H3,(H,13,15). The van der Waals surface area contributed by atoms with Gasteiger partial charge in [0.25, 0.3) is 0 Å². The van der Waals surface area contributed by atoms with Crippen molar-refractivity contribution >= 4 is 22.5 Å². The van der Waals surface area contributed by atoms with Crippen molar-refractivity contribution < 1.29 is 0 Å². The van der Waals surface area contributed by atoms with Gasteiger partial charge in [0.2, 0.25) is 0 Å². The second-order valence-corrected chi connectivity index (χ2v) is 4.31. The van der Waals surface area contributed by atoms with Gasteiger partial charge in [0.1, 0.15) is 5.52 Å². The van der Waals surface area contributed by atoms with Crippen molar-refractivity contribution in [2.45, 2.75) is 6.92 Å². The number of anilines is 2. The molecule has 0 aliphatic heterocycles. The van der Waals surface area contributed by atoms with Crippen molar-refractivity contribution in [3.63, 3.8) is 0 Å². The summed E-state index contributed by atoms with van der Waals surface area (Å²) in [6.07, 6.45) is 5.49. The van der Waals surface area contributed by atoms with Gasteiger partial charge < -0.3 is 9.88 Å². The highest BCUT2D eigenvalue weighted by molar-refractivity contribution is 5.87. The van der Waals surface area contributed by atoms with Crippen LogP contribution in [-0.2, 0) is 14.1 Å². The summed E-state index contributed by atoms with van der Waals surface area (Å²) >= 11 is 0. The van der Waals surface area contributed by atoms with Gasteiger partial charge in [0.05, 0.1) is 23.2 Å². The molecule has 0 aliphatic carbocycles. The second-order valence-electron chi connectivity index (χ2n) is 4.31. The maximum atomic E-state index is 4.36. The molecule has 92 valence electrons. The average molecular weight is 242 g/mol. The molecule has 0 radical (unpaired) electrons. The number of hydrogen-bond donors (Lipinski definition) is 1. The van der Waals surface area contributed by atoms with Gasteiger partial charge in [-0.15, -0.1) is 0 Å². The van der Waals surface area contributed by atoms with Crippen molar-refractivity contribution in [1.29, 1.82) is 0 Å². The van der Waals surface area contributed by atoms with Crippen LogP contribution in [0.15, 0.2) is 24.8 Å². The minimum atomic E-state index is 0.754. The SMILES string of the molecule is Cc1nn(C)cc1Nc1nccc2c1ncn2C. The first-order valence-corrected chi connectivity index (χ1v) is 5.68. The highest BCUT2D eigenvalue weighted by atomic mass is 15.3. The van der Waals surface area contributed by atoms with Crippen LogP contribution in [0.3, 0.4) is 0 Å². The molecule has 0 aromatic carbocycles. The van der Waals surface area contributed by atoms with Crippen molar-refractivity contribution in [2.75, 3.05) is 5.32 Å². The lowest BCUT2D eigenvalue weighted by Gasteiger charge is -2.04. The fraction of sp³-hybridized carbons (Fsp3) is 0.250. The van der Waals surface area contributed by atoms with E-state index < -0.39 is 0 Å². The molecule has 3 heterocycles. The molecule has 3 aromatic heterocycles. The van der Waals surface area contributed by atoms with Crippen LogP contribution >= 0.6 is 0 Å². The van der Waals surface area contributed by atoms with E-state index in [9.17, 15) is 0 Å². The first kappa shape index (κ1) is 10.8. The molecule has 18 heavy (non-hydrogen) atoms. The molecule has 0 amide bonds. The van der Waals surface area contributed by atoms with E-state index in [2.05, 4.69) is 20.4 Å². The second kappa shape index (κ2) is 3.83. The zero-order valence-electron chi connectivity index (χ0n) is 10.5. The van der Waals surface area contributed by atoms with E-state index in [1.165, 1.54) is 0 Å².